The highest BCUT2D eigenvalue weighted by atomic mass is 16.5. The van der Waals surface area contributed by atoms with E-state index in [-0.39, 0.29) is 11.9 Å². The first kappa shape index (κ1) is 23.1. The Morgan fingerprint density at radius 1 is 1.12 bits per heavy atom. The SMILES string of the molecule is C=CCc1ccccc1OCCn1c(C(C)NC(=O)c2cccc(OC)c2)nc2ccccc21. The van der Waals surface area contributed by atoms with E-state index in [1.807, 2.05) is 67.6 Å². The molecule has 6 heteroatoms. The Hall–Kier alpha value is -4.06. The summed E-state index contributed by atoms with van der Waals surface area (Å²) in [4.78, 5) is 17.7. The molecule has 4 aromatic rings. The molecule has 3 aromatic carbocycles. The first-order valence-electron chi connectivity index (χ1n) is 11.3. The van der Waals surface area contributed by atoms with Crippen LogP contribution in [0.2, 0.25) is 0 Å². The van der Waals surface area contributed by atoms with Gasteiger partial charge >= 0.3 is 0 Å². The van der Waals surface area contributed by atoms with Gasteiger partial charge in [0.15, 0.2) is 0 Å². The molecule has 1 aromatic heterocycles. The van der Waals surface area contributed by atoms with Crippen LogP contribution in [-0.2, 0) is 13.0 Å². The van der Waals surface area contributed by atoms with Gasteiger partial charge in [0.05, 0.1) is 30.7 Å². The molecule has 0 spiro atoms. The fraction of sp³-hybridized carbons (Fsp3) is 0.214. The van der Waals surface area contributed by atoms with Crippen LogP contribution < -0.4 is 14.8 Å². The monoisotopic (exact) mass is 455 g/mol. The number of imidazole rings is 1. The lowest BCUT2D eigenvalue weighted by Crippen LogP contribution is -2.29. The number of fused-ring (bicyclic) bond motifs is 1. The molecule has 1 N–H and O–H groups in total. The molecule has 1 amide bonds. The van der Waals surface area contributed by atoms with Crippen molar-refractivity contribution in [1.82, 2.24) is 14.9 Å². The van der Waals surface area contributed by atoms with Crippen molar-refractivity contribution in [3.8, 4) is 11.5 Å². The van der Waals surface area contributed by atoms with E-state index in [4.69, 9.17) is 14.5 Å². The molecule has 0 radical (unpaired) electrons. The number of nitrogens with zero attached hydrogens (tertiary/aromatic N) is 2. The van der Waals surface area contributed by atoms with Gasteiger partial charge in [-0.25, -0.2) is 4.98 Å². The van der Waals surface area contributed by atoms with Crippen LogP contribution in [0.15, 0.2) is 85.5 Å². The number of rotatable bonds is 10. The molecular formula is C28H29N3O3. The zero-order valence-electron chi connectivity index (χ0n) is 19.5. The predicted molar refractivity (Wildman–Crippen MR) is 134 cm³/mol. The molecule has 0 aliphatic carbocycles. The van der Waals surface area contributed by atoms with Crippen LogP contribution in [0.25, 0.3) is 11.0 Å². The summed E-state index contributed by atoms with van der Waals surface area (Å²) in [6, 6.07) is 22.8. The van der Waals surface area contributed by atoms with Crippen LogP contribution in [0.3, 0.4) is 0 Å². The fourth-order valence-electron chi connectivity index (χ4n) is 3.98. The lowest BCUT2D eigenvalue weighted by atomic mass is 10.1. The Labute approximate surface area is 199 Å². The number of methoxy groups -OCH3 is 1. The smallest absolute Gasteiger partial charge is 0.251 e. The average molecular weight is 456 g/mol. The Morgan fingerprint density at radius 2 is 1.91 bits per heavy atom. The van der Waals surface area contributed by atoms with Crippen molar-refractivity contribution in [3.05, 3.63) is 102 Å². The number of allylic oxidation sites excluding steroid dienone is 1. The highest BCUT2D eigenvalue weighted by molar-refractivity contribution is 5.94. The first-order chi connectivity index (χ1) is 16.6. The van der Waals surface area contributed by atoms with Crippen molar-refractivity contribution < 1.29 is 14.3 Å². The number of para-hydroxylation sites is 3. The van der Waals surface area contributed by atoms with Crippen molar-refractivity contribution >= 4 is 16.9 Å². The summed E-state index contributed by atoms with van der Waals surface area (Å²) in [7, 11) is 1.58. The van der Waals surface area contributed by atoms with Gasteiger partial charge in [0.2, 0.25) is 0 Å². The van der Waals surface area contributed by atoms with E-state index < -0.39 is 0 Å². The van der Waals surface area contributed by atoms with E-state index in [1.165, 1.54) is 0 Å². The molecule has 4 rings (SSSR count). The summed E-state index contributed by atoms with van der Waals surface area (Å²) in [5.74, 6) is 2.09. The average Bonchev–Trinajstić information content (AvgIpc) is 3.24. The van der Waals surface area contributed by atoms with Crippen LogP contribution in [0, 0.1) is 0 Å². The zero-order chi connectivity index (χ0) is 23.9. The number of hydrogen-bond acceptors (Lipinski definition) is 4. The third-order valence-corrected chi connectivity index (χ3v) is 5.66. The minimum absolute atomic E-state index is 0.181. The first-order valence-corrected chi connectivity index (χ1v) is 11.3. The second-order valence-corrected chi connectivity index (χ2v) is 7.99. The Balaban J connectivity index is 1.54. The standard InChI is InChI=1S/C28H29N3O3/c1-4-10-21-11-5-8-16-26(21)34-18-17-31-25-15-7-6-14-24(25)30-27(31)20(2)29-28(32)22-12-9-13-23(19-22)33-3/h4-9,11-16,19-20H,1,10,17-18H2,2-3H3,(H,29,32). The molecule has 0 saturated carbocycles. The van der Waals surface area contributed by atoms with Gasteiger partial charge in [-0.05, 0) is 55.3 Å². The number of aromatic nitrogens is 2. The van der Waals surface area contributed by atoms with Gasteiger partial charge in [-0.1, -0.05) is 42.5 Å². The predicted octanol–water partition coefficient (Wildman–Crippen LogP) is 5.34. The molecule has 6 nitrogen and oxygen atoms in total. The summed E-state index contributed by atoms with van der Waals surface area (Å²) in [5.41, 5.74) is 3.53. The molecule has 0 fully saturated rings. The normalized spacial score (nSPS) is 11.7. The maximum Gasteiger partial charge on any atom is 0.251 e. The minimum Gasteiger partial charge on any atom is -0.497 e. The maximum atomic E-state index is 12.9. The topological polar surface area (TPSA) is 65.4 Å². The maximum absolute atomic E-state index is 12.9. The van der Waals surface area contributed by atoms with E-state index in [1.54, 1.807) is 25.3 Å². The fourth-order valence-corrected chi connectivity index (χ4v) is 3.98. The molecule has 174 valence electrons. The summed E-state index contributed by atoms with van der Waals surface area (Å²) >= 11 is 0. The van der Waals surface area contributed by atoms with E-state index >= 15 is 0 Å². The number of benzene rings is 3. The highest BCUT2D eigenvalue weighted by Gasteiger charge is 2.19. The molecule has 0 aliphatic rings. The van der Waals surface area contributed by atoms with E-state index in [0.717, 1.165) is 34.6 Å². The van der Waals surface area contributed by atoms with Crippen molar-refractivity contribution in [2.45, 2.75) is 25.9 Å². The number of amides is 1. The van der Waals surface area contributed by atoms with Crippen molar-refractivity contribution in [2.24, 2.45) is 0 Å². The number of nitrogens with one attached hydrogen (secondary N) is 1. The second kappa shape index (κ2) is 10.7. The third-order valence-electron chi connectivity index (χ3n) is 5.66. The molecule has 1 atom stereocenters. The number of ether oxygens (including phenoxy) is 2. The van der Waals surface area contributed by atoms with Gasteiger partial charge in [-0.15, -0.1) is 6.58 Å². The van der Waals surface area contributed by atoms with E-state index in [9.17, 15) is 4.79 Å². The zero-order valence-corrected chi connectivity index (χ0v) is 19.5. The largest absolute Gasteiger partial charge is 0.497 e. The molecule has 1 unspecified atom stereocenters. The third kappa shape index (κ3) is 5.12. The summed E-state index contributed by atoms with van der Waals surface area (Å²) in [6.07, 6.45) is 2.62. The highest BCUT2D eigenvalue weighted by Crippen LogP contribution is 2.23. The number of carbonyl (C=O) groups excluding carboxylic acids is 1. The lowest BCUT2D eigenvalue weighted by Gasteiger charge is -2.17. The van der Waals surface area contributed by atoms with Gasteiger partial charge in [0, 0.05) is 5.56 Å². The summed E-state index contributed by atoms with van der Waals surface area (Å²) in [5, 5.41) is 3.07. The van der Waals surface area contributed by atoms with Crippen molar-refractivity contribution in [1.29, 1.82) is 0 Å². The van der Waals surface area contributed by atoms with Gasteiger partial charge in [0.1, 0.15) is 23.9 Å². The van der Waals surface area contributed by atoms with Crippen molar-refractivity contribution in [2.75, 3.05) is 13.7 Å². The molecule has 34 heavy (non-hydrogen) atoms. The minimum atomic E-state index is -0.306. The van der Waals surface area contributed by atoms with Gasteiger partial charge in [0.25, 0.3) is 5.91 Å². The Kier molecular flexibility index (Phi) is 7.28. The second-order valence-electron chi connectivity index (χ2n) is 7.99. The van der Waals surface area contributed by atoms with Crippen LogP contribution in [-0.4, -0.2) is 29.2 Å². The summed E-state index contributed by atoms with van der Waals surface area (Å²) < 4.78 is 13.5. The number of carbonyl (C=O) groups is 1. The van der Waals surface area contributed by atoms with Crippen molar-refractivity contribution in [3.63, 3.8) is 0 Å². The quantitative estimate of drug-likeness (QED) is 0.328. The Morgan fingerprint density at radius 3 is 2.74 bits per heavy atom. The number of hydrogen-bond donors (Lipinski definition) is 1. The molecular weight excluding hydrogens is 426 g/mol. The molecule has 1 heterocycles. The van der Waals surface area contributed by atoms with E-state index in [2.05, 4.69) is 16.5 Å². The molecule has 0 saturated heterocycles. The van der Waals surface area contributed by atoms with Crippen LogP contribution in [0.4, 0.5) is 0 Å². The van der Waals surface area contributed by atoms with Gasteiger partial charge in [-0.3, -0.25) is 4.79 Å². The van der Waals surface area contributed by atoms with Crippen LogP contribution in [0.5, 0.6) is 11.5 Å². The Bertz CT molecular complexity index is 1300. The van der Waals surface area contributed by atoms with Crippen LogP contribution in [0.1, 0.15) is 34.7 Å². The summed E-state index contributed by atoms with van der Waals surface area (Å²) in [6.45, 7) is 6.83. The lowest BCUT2D eigenvalue weighted by molar-refractivity contribution is 0.0937. The van der Waals surface area contributed by atoms with Crippen LogP contribution >= 0.6 is 0 Å². The molecule has 0 aliphatic heterocycles. The van der Waals surface area contributed by atoms with E-state index in [0.29, 0.717) is 24.5 Å². The van der Waals surface area contributed by atoms with Gasteiger partial charge in [-0.2, -0.15) is 0 Å². The molecule has 0 bridgehead atoms. The van der Waals surface area contributed by atoms with Gasteiger partial charge < -0.3 is 19.4 Å².